The number of hydrogen-bond donors (Lipinski definition) is 3. The number of aryl methyl sites for hydroxylation is 1. The molecule has 0 radical (unpaired) electrons. The Morgan fingerprint density at radius 1 is 1.19 bits per heavy atom. The first-order valence-corrected chi connectivity index (χ1v) is 6.09. The number of carboxylic acids is 1. The van der Waals surface area contributed by atoms with Crippen molar-refractivity contribution in [3.8, 4) is 0 Å². The normalized spacial score (nSPS) is 10.2. The summed E-state index contributed by atoms with van der Waals surface area (Å²) in [6.07, 6.45) is 0. The lowest BCUT2D eigenvalue weighted by molar-refractivity contribution is 0.0698. The molecule has 0 saturated heterocycles. The lowest BCUT2D eigenvalue weighted by atomic mass is 10.1. The van der Waals surface area contributed by atoms with E-state index in [-0.39, 0.29) is 22.5 Å². The van der Waals surface area contributed by atoms with Crippen LogP contribution < -0.4 is 11.1 Å². The molecule has 0 aliphatic carbocycles. The Bertz CT molecular complexity index is 729. The lowest BCUT2D eigenvalue weighted by Gasteiger charge is -2.09. The Kier molecular flexibility index (Phi) is 3.89. The highest BCUT2D eigenvalue weighted by Gasteiger charge is 2.14. The Balaban J connectivity index is 2.31. The molecule has 0 aromatic heterocycles. The zero-order valence-corrected chi connectivity index (χ0v) is 11.2. The fraction of sp³-hybridized carbons (Fsp3) is 0.0667. The molecule has 2 rings (SSSR count). The molecular weight excluding hydrogens is 275 g/mol. The fourth-order valence-electron chi connectivity index (χ4n) is 1.81. The number of carboxylic acid groups (broad SMARTS) is 1. The molecule has 1 amide bonds. The number of nitrogen functional groups attached to an aromatic ring is 1. The van der Waals surface area contributed by atoms with Crippen molar-refractivity contribution in [1.82, 2.24) is 0 Å². The van der Waals surface area contributed by atoms with E-state index in [2.05, 4.69) is 5.32 Å². The standard InChI is InChI=1S/C15H13FN2O3/c1-8-2-5-13(10(6-8)15(20)21)18-14(19)9-3-4-12(17)11(16)7-9/h2-7H,17H2,1H3,(H,18,19)(H,20,21). The van der Waals surface area contributed by atoms with E-state index in [0.717, 1.165) is 11.6 Å². The first-order valence-electron chi connectivity index (χ1n) is 6.09. The summed E-state index contributed by atoms with van der Waals surface area (Å²) in [5, 5.41) is 11.6. The zero-order valence-electron chi connectivity index (χ0n) is 11.2. The maximum absolute atomic E-state index is 13.3. The van der Waals surface area contributed by atoms with Crippen molar-refractivity contribution in [2.45, 2.75) is 6.92 Å². The molecule has 5 nitrogen and oxygen atoms in total. The van der Waals surface area contributed by atoms with E-state index in [1.165, 1.54) is 24.3 Å². The zero-order chi connectivity index (χ0) is 15.6. The minimum atomic E-state index is -1.16. The highest BCUT2D eigenvalue weighted by molar-refractivity contribution is 6.07. The van der Waals surface area contributed by atoms with Gasteiger partial charge in [0, 0.05) is 5.56 Å². The third-order valence-corrected chi connectivity index (χ3v) is 2.92. The summed E-state index contributed by atoms with van der Waals surface area (Å²) in [5.74, 6) is -2.47. The number of nitrogens with two attached hydrogens (primary N) is 1. The van der Waals surface area contributed by atoms with E-state index in [4.69, 9.17) is 10.8 Å². The van der Waals surface area contributed by atoms with Crippen LogP contribution in [0.3, 0.4) is 0 Å². The van der Waals surface area contributed by atoms with Gasteiger partial charge >= 0.3 is 5.97 Å². The molecule has 0 atom stereocenters. The maximum Gasteiger partial charge on any atom is 0.337 e. The average molecular weight is 288 g/mol. The van der Waals surface area contributed by atoms with Crippen LogP contribution >= 0.6 is 0 Å². The predicted octanol–water partition coefficient (Wildman–Crippen LogP) is 2.67. The number of carbonyl (C=O) groups excluding carboxylic acids is 1. The van der Waals surface area contributed by atoms with Crippen molar-refractivity contribution in [2.75, 3.05) is 11.1 Å². The number of carbonyl (C=O) groups is 2. The molecule has 0 heterocycles. The van der Waals surface area contributed by atoms with E-state index in [1.54, 1.807) is 13.0 Å². The van der Waals surface area contributed by atoms with Gasteiger partial charge in [-0.2, -0.15) is 0 Å². The second kappa shape index (κ2) is 5.62. The smallest absolute Gasteiger partial charge is 0.337 e. The van der Waals surface area contributed by atoms with Crippen LogP contribution in [0.15, 0.2) is 36.4 Å². The summed E-state index contributed by atoms with van der Waals surface area (Å²) >= 11 is 0. The molecule has 21 heavy (non-hydrogen) atoms. The van der Waals surface area contributed by atoms with Crippen LogP contribution in [0.25, 0.3) is 0 Å². The van der Waals surface area contributed by atoms with Gasteiger partial charge in [0.05, 0.1) is 16.9 Å². The lowest BCUT2D eigenvalue weighted by Crippen LogP contribution is -2.15. The van der Waals surface area contributed by atoms with Crippen molar-refractivity contribution in [3.05, 3.63) is 58.9 Å². The summed E-state index contributed by atoms with van der Waals surface area (Å²) in [4.78, 5) is 23.2. The van der Waals surface area contributed by atoms with Crippen molar-refractivity contribution < 1.29 is 19.1 Å². The molecule has 0 aliphatic heterocycles. The fourth-order valence-corrected chi connectivity index (χ4v) is 1.81. The quantitative estimate of drug-likeness (QED) is 0.757. The van der Waals surface area contributed by atoms with Crippen LogP contribution in [0, 0.1) is 12.7 Å². The highest BCUT2D eigenvalue weighted by Crippen LogP contribution is 2.19. The van der Waals surface area contributed by atoms with E-state index in [0.29, 0.717) is 0 Å². The molecule has 0 spiro atoms. The van der Waals surface area contributed by atoms with Gasteiger partial charge in [0.15, 0.2) is 0 Å². The SMILES string of the molecule is Cc1ccc(NC(=O)c2ccc(N)c(F)c2)c(C(=O)O)c1. The van der Waals surface area contributed by atoms with Crippen LogP contribution in [0.1, 0.15) is 26.3 Å². The maximum atomic E-state index is 13.3. The third-order valence-electron chi connectivity index (χ3n) is 2.92. The summed E-state index contributed by atoms with van der Waals surface area (Å²) in [5.41, 5.74) is 6.20. The molecule has 4 N–H and O–H groups in total. The Labute approximate surface area is 120 Å². The minimum Gasteiger partial charge on any atom is -0.478 e. The molecule has 0 unspecified atom stereocenters. The Morgan fingerprint density at radius 3 is 2.52 bits per heavy atom. The van der Waals surface area contributed by atoms with Crippen molar-refractivity contribution in [3.63, 3.8) is 0 Å². The number of benzene rings is 2. The summed E-state index contributed by atoms with van der Waals surface area (Å²) in [6, 6.07) is 8.25. The van der Waals surface area contributed by atoms with E-state index in [9.17, 15) is 14.0 Å². The topological polar surface area (TPSA) is 92.4 Å². The third kappa shape index (κ3) is 3.17. The molecule has 0 fully saturated rings. The van der Waals surface area contributed by atoms with Gasteiger partial charge in [-0.05, 0) is 37.3 Å². The molecule has 108 valence electrons. The van der Waals surface area contributed by atoms with Crippen LogP contribution in [-0.2, 0) is 0 Å². The molecule has 6 heteroatoms. The van der Waals surface area contributed by atoms with Crippen molar-refractivity contribution in [1.29, 1.82) is 0 Å². The Morgan fingerprint density at radius 2 is 1.90 bits per heavy atom. The number of rotatable bonds is 3. The number of anilines is 2. The number of amides is 1. The van der Waals surface area contributed by atoms with Crippen LogP contribution in [0.2, 0.25) is 0 Å². The average Bonchev–Trinajstić information content (AvgIpc) is 2.43. The van der Waals surface area contributed by atoms with Crippen LogP contribution in [-0.4, -0.2) is 17.0 Å². The second-order valence-corrected chi connectivity index (χ2v) is 4.54. The second-order valence-electron chi connectivity index (χ2n) is 4.54. The number of nitrogens with one attached hydrogen (secondary N) is 1. The molecule has 0 bridgehead atoms. The molecule has 2 aromatic carbocycles. The van der Waals surface area contributed by atoms with E-state index < -0.39 is 17.7 Å². The number of hydrogen-bond acceptors (Lipinski definition) is 3. The first-order chi connectivity index (χ1) is 9.88. The van der Waals surface area contributed by atoms with Gasteiger partial charge in [-0.25, -0.2) is 9.18 Å². The van der Waals surface area contributed by atoms with Gasteiger partial charge in [0.1, 0.15) is 5.82 Å². The minimum absolute atomic E-state index is 0.0285. The van der Waals surface area contributed by atoms with Gasteiger partial charge in [-0.3, -0.25) is 4.79 Å². The van der Waals surface area contributed by atoms with Crippen LogP contribution in [0.5, 0.6) is 0 Å². The molecule has 0 saturated carbocycles. The van der Waals surface area contributed by atoms with Gasteiger partial charge in [0.25, 0.3) is 5.91 Å². The van der Waals surface area contributed by atoms with E-state index >= 15 is 0 Å². The van der Waals surface area contributed by atoms with E-state index in [1.807, 2.05) is 0 Å². The Hall–Kier alpha value is -2.89. The summed E-state index contributed by atoms with van der Waals surface area (Å²) < 4.78 is 13.3. The summed E-state index contributed by atoms with van der Waals surface area (Å²) in [6.45, 7) is 1.74. The summed E-state index contributed by atoms with van der Waals surface area (Å²) in [7, 11) is 0. The molecule has 2 aromatic rings. The van der Waals surface area contributed by atoms with Crippen molar-refractivity contribution in [2.24, 2.45) is 0 Å². The van der Waals surface area contributed by atoms with Crippen LogP contribution in [0.4, 0.5) is 15.8 Å². The highest BCUT2D eigenvalue weighted by atomic mass is 19.1. The van der Waals surface area contributed by atoms with Gasteiger partial charge in [-0.15, -0.1) is 0 Å². The predicted molar refractivity (Wildman–Crippen MR) is 76.9 cm³/mol. The van der Waals surface area contributed by atoms with Gasteiger partial charge in [0.2, 0.25) is 0 Å². The monoisotopic (exact) mass is 288 g/mol. The molecular formula is C15H13FN2O3. The van der Waals surface area contributed by atoms with Gasteiger partial charge < -0.3 is 16.2 Å². The molecule has 0 aliphatic rings. The first kappa shape index (κ1) is 14.5. The van der Waals surface area contributed by atoms with Gasteiger partial charge in [-0.1, -0.05) is 11.6 Å². The largest absolute Gasteiger partial charge is 0.478 e. The number of aromatic carboxylic acids is 1. The van der Waals surface area contributed by atoms with Crippen molar-refractivity contribution >= 4 is 23.3 Å². The number of halogens is 1.